The van der Waals surface area contributed by atoms with Gasteiger partial charge in [-0.25, -0.2) is 4.79 Å². The summed E-state index contributed by atoms with van der Waals surface area (Å²) in [5.41, 5.74) is 1.75. The van der Waals surface area contributed by atoms with Crippen LogP contribution in [0.25, 0.3) is 0 Å². The zero-order valence-electron chi connectivity index (χ0n) is 20.1. The number of thioether (sulfide) groups is 1. The molecule has 1 heterocycles. The topological polar surface area (TPSA) is 99.5 Å². The molecule has 0 saturated carbocycles. The van der Waals surface area contributed by atoms with E-state index in [1.54, 1.807) is 49.4 Å². The zero-order chi connectivity index (χ0) is 27.2. The van der Waals surface area contributed by atoms with Gasteiger partial charge in [-0.1, -0.05) is 59.2 Å². The Hall–Kier alpha value is -3.77. The van der Waals surface area contributed by atoms with Gasteiger partial charge in [0.1, 0.15) is 16.7 Å². The van der Waals surface area contributed by atoms with Crippen LogP contribution in [-0.2, 0) is 20.7 Å². The van der Waals surface area contributed by atoms with Gasteiger partial charge in [0.2, 0.25) is 5.91 Å². The summed E-state index contributed by atoms with van der Waals surface area (Å²) >= 11 is 13.5. The van der Waals surface area contributed by atoms with Crippen LogP contribution in [0, 0.1) is 11.3 Å². The van der Waals surface area contributed by atoms with Crippen LogP contribution in [-0.4, -0.2) is 29.6 Å². The third-order valence-electron chi connectivity index (χ3n) is 5.59. The van der Waals surface area contributed by atoms with Crippen molar-refractivity contribution in [1.82, 2.24) is 0 Å². The standard InChI is InChI=1S/C28H21Cl2N3O4S/c1-2-37-28(36)17-9-12-20(13-10-17)32-25(34)22(16-31)27-33(21-6-4-3-5-7-21)26(35)24(38-27)14-18-8-11-19(29)15-23(18)30/h3-13,15,24H,2,14H2,1H3,(H,32,34)/b27-22-. The van der Waals surface area contributed by atoms with Crippen molar-refractivity contribution in [3.63, 3.8) is 0 Å². The molecule has 1 atom stereocenters. The van der Waals surface area contributed by atoms with E-state index in [4.69, 9.17) is 27.9 Å². The Morgan fingerprint density at radius 3 is 2.42 bits per heavy atom. The van der Waals surface area contributed by atoms with Crippen LogP contribution < -0.4 is 10.2 Å². The fraction of sp³-hybridized carbons (Fsp3) is 0.143. The van der Waals surface area contributed by atoms with Gasteiger partial charge in [-0.2, -0.15) is 5.26 Å². The van der Waals surface area contributed by atoms with Gasteiger partial charge in [0, 0.05) is 21.4 Å². The van der Waals surface area contributed by atoms with E-state index in [1.165, 1.54) is 29.2 Å². The molecule has 0 aliphatic carbocycles. The van der Waals surface area contributed by atoms with Crippen molar-refractivity contribution >= 4 is 64.1 Å². The van der Waals surface area contributed by atoms with Crippen LogP contribution in [0.4, 0.5) is 11.4 Å². The van der Waals surface area contributed by atoms with Gasteiger partial charge in [-0.3, -0.25) is 14.5 Å². The largest absolute Gasteiger partial charge is 0.462 e. The van der Waals surface area contributed by atoms with Gasteiger partial charge >= 0.3 is 5.97 Å². The van der Waals surface area contributed by atoms with Crippen molar-refractivity contribution in [2.75, 3.05) is 16.8 Å². The number of para-hydroxylation sites is 1. The second-order valence-electron chi connectivity index (χ2n) is 8.10. The van der Waals surface area contributed by atoms with E-state index in [0.717, 1.165) is 17.3 Å². The first kappa shape index (κ1) is 27.3. The van der Waals surface area contributed by atoms with Gasteiger partial charge in [-0.15, -0.1) is 0 Å². The number of rotatable bonds is 7. The number of nitriles is 1. The summed E-state index contributed by atoms with van der Waals surface area (Å²) in [6.07, 6.45) is 0.280. The summed E-state index contributed by atoms with van der Waals surface area (Å²) in [7, 11) is 0. The number of benzene rings is 3. The number of anilines is 2. The van der Waals surface area contributed by atoms with Crippen molar-refractivity contribution < 1.29 is 19.1 Å². The highest BCUT2D eigenvalue weighted by atomic mass is 35.5. The molecule has 1 unspecified atom stereocenters. The monoisotopic (exact) mass is 565 g/mol. The quantitative estimate of drug-likeness (QED) is 0.207. The summed E-state index contributed by atoms with van der Waals surface area (Å²) in [5, 5.41) is 13.2. The van der Waals surface area contributed by atoms with Crippen molar-refractivity contribution in [2.24, 2.45) is 0 Å². The first-order valence-corrected chi connectivity index (χ1v) is 13.2. The number of ether oxygens (including phenoxy) is 1. The molecule has 3 aromatic carbocycles. The summed E-state index contributed by atoms with van der Waals surface area (Å²) in [4.78, 5) is 40.1. The van der Waals surface area contributed by atoms with Gasteiger partial charge in [0.15, 0.2) is 0 Å². The van der Waals surface area contributed by atoms with Crippen LogP contribution in [0.1, 0.15) is 22.8 Å². The number of hydrogen-bond donors (Lipinski definition) is 1. The van der Waals surface area contributed by atoms with Crippen LogP contribution in [0.15, 0.2) is 83.4 Å². The molecule has 1 aliphatic heterocycles. The van der Waals surface area contributed by atoms with Crippen molar-refractivity contribution in [1.29, 1.82) is 5.26 Å². The van der Waals surface area contributed by atoms with E-state index in [0.29, 0.717) is 27.0 Å². The lowest BCUT2D eigenvalue weighted by molar-refractivity contribution is -0.117. The van der Waals surface area contributed by atoms with Gasteiger partial charge in [0.05, 0.1) is 17.4 Å². The molecule has 0 aromatic heterocycles. The van der Waals surface area contributed by atoms with Gasteiger partial charge in [-0.05, 0) is 67.4 Å². The Balaban J connectivity index is 1.65. The van der Waals surface area contributed by atoms with Crippen molar-refractivity contribution in [2.45, 2.75) is 18.6 Å². The molecular weight excluding hydrogens is 545 g/mol. The first-order chi connectivity index (χ1) is 18.3. The Morgan fingerprint density at radius 1 is 1.08 bits per heavy atom. The highest BCUT2D eigenvalue weighted by Crippen LogP contribution is 2.42. The lowest BCUT2D eigenvalue weighted by atomic mass is 10.1. The Morgan fingerprint density at radius 2 is 1.79 bits per heavy atom. The van der Waals surface area contributed by atoms with Crippen LogP contribution >= 0.6 is 35.0 Å². The Labute approximate surface area is 234 Å². The minimum atomic E-state index is -0.683. The average Bonchev–Trinajstić information content (AvgIpc) is 3.22. The molecule has 1 N–H and O–H groups in total. The summed E-state index contributed by atoms with van der Waals surface area (Å²) in [6.45, 7) is 1.96. The molecule has 2 amide bonds. The molecule has 7 nitrogen and oxygen atoms in total. The minimum Gasteiger partial charge on any atom is -0.462 e. The fourth-order valence-corrected chi connectivity index (χ4v) is 5.56. The van der Waals surface area contributed by atoms with E-state index in [1.807, 2.05) is 12.1 Å². The van der Waals surface area contributed by atoms with E-state index in [2.05, 4.69) is 5.32 Å². The van der Waals surface area contributed by atoms with E-state index in [-0.39, 0.29) is 29.5 Å². The molecule has 1 fully saturated rings. The van der Waals surface area contributed by atoms with E-state index < -0.39 is 17.1 Å². The Kier molecular flexibility index (Phi) is 8.74. The van der Waals surface area contributed by atoms with E-state index >= 15 is 0 Å². The van der Waals surface area contributed by atoms with Crippen LogP contribution in [0.5, 0.6) is 0 Å². The smallest absolute Gasteiger partial charge is 0.338 e. The maximum atomic E-state index is 13.6. The molecule has 0 radical (unpaired) electrons. The predicted molar refractivity (Wildman–Crippen MR) is 149 cm³/mol. The molecule has 0 bridgehead atoms. The highest BCUT2D eigenvalue weighted by Gasteiger charge is 2.41. The third kappa shape index (κ3) is 6.03. The maximum Gasteiger partial charge on any atom is 0.338 e. The highest BCUT2D eigenvalue weighted by molar-refractivity contribution is 8.05. The Bertz CT molecular complexity index is 1450. The molecule has 1 aliphatic rings. The molecule has 38 heavy (non-hydrogen) atoms. The third-order valence-corrected chi connectivity index (χ3v) is 7.44. The number of carbonyl (C=O) groups excluding carboxylic acids is 3. The summed E-state index contributed by atoms with van der Waals surface area (Å²) in [6, 6.07) is 22.0. The second kappa shape index (κ2) is 12.2. The van der Waals surface area contributed by atoms with Crippen LogP contribution in [0.3, 0.4) is 0 Å². The number of nitrogens with one attached hydrogen (secondary N) is 1. The number of amides is 2. The average molecular weight is 566 g/mol. The van der Waals surface area contributed by atoms with Gasteiger partial charge in [0.25, 0.3) is 5.91 Å². The summed E-state index contributed by atoms with van der Waals surface area (Å²) < 4.78 is 4.97. The number of halogens is 2. The maximum absolute atomic E-state index is 13.6. The molecule has 192 valence electrons. The number of hydrogen-bond acceptors (Lipinski definition) is 6. The lowest BCUT2D eigenvalue weighted by Crippen LogP contribution is -2.30. The number of nitrogens with zero attached hydrogens (tertiary/aromatic N) is 2. The van der Waals surface area contributed by atoms with Crippen LogP contribution in [0.2, 0.25) is 10.0 Å². The van der Waals surface area contributed by atoms with Crippen molar-refractivity contribution in [3.8, 4) is 6.07 Å². The number of carbonyl (C=O) groups is 3. The molecule has 10 heteroatoms. The van der Waals surface area contributed by atoms with Crippen molar-refractivity contribution in [3.05, 3.63) is 105 Å². The molecule has 4 rings (SSSR count). The predicted octanol–water partition coefficient (Wildman–Crippen LogP) is 6.24. The summed E-state index contributed by atoms with van der Waals surface area (Å²) in [5.74, 6) is -1.43. The molecular formula is C28H21Cl2N3O4S. The SMILES string of the molecule is CCOC(=O)c1ccc(NC(=O)/C(C#N)=C2\SC(Cc3ccc(Cl)cc3Cl)C(=O)N2c2ccccc2)cc1. The minimum absolute atomic E-state index is 0.216. The lowest BCUT2D eigenvalue weighted by Gasteiger charge is -2.18. The van der Waals surface area contributed by atoms with E-state index in [9.17, 15) is 19.6 Å². The fourth-order valence-electron chi connectivity index (χ4n) is 3.78. The first-order valence-electron chi connectivity index (χ1n) is 11.5. The molecule has 1 saturated heterocycles. The number of esters is 1. The molecule has 3 aromatic rings. The molecule has 0 spiro atoms. The second-order valence-corrected chi connectivity index (χ2v) is 10.1. The van der Waals surface area contributed by atoms with Gasteiger partial charge < -0.3 is 10.1 Å². The normalized spacial score (nSPS) is 16.1. The zero-order valence-corrected chi connectivity index (χ0v) is 22.4.